The van der Waals surface area contributed by atoms with Gasteiger partial charge in [0.25, 0.3) is 0 Å². The number of nitrogens with one attached hydrogen (secondary N) is 1. The molecule has 0 bridgehead atoms. The average Bonchev–Trinajstić information content (AvgIpc) is 3.15. The first-order chi connectivity index (χ1) is 14.4. The Morgan fingerprint density at radius 3 is 2.53 bits per heavy atom. The molecule has 0 radical (unpaired) electrons. The number of ether oxygens (including phenoxy) is 1. The molecule has 1 spiro atoms. The van der Waals surface area contributed by atoms with Crippen LogP contribution in [0.25, 0.3) is 0 Å². The SMILES string of the molecule is CC1C[C@]2(CC[C@@H]3C1C[C@H]1C3CC[C@@H]3CCCC[C@@]31C)OC1(C)CCCN[C@H]1[C@H]2C. The molecule has 2 nitrogen and oxygen atoms in total. The van der Waals surface area contributed by atoms with Crippen molar-refractivity contribution in [2.24, 2.45) is 46.8 Å². The largest absolute Gasteiger partial charge is 0.367 e. The van der Waals surface area contributed by atoms with Gasteiger partial charge in [0.1, 0.15) is 0 Å². The predicted molar refractivity (Wildman–Crippen MR) is 123 cm³/mol. The van der Waals surface area contributed by atoms with Gasteiger partial charge in [0.15, 0.2) is 0 Å². The molecular weight excluding hydrogens is 366 g/mol. The highest BCUT2D eigenvalue weighted by Crippen LogP contribution is 2.66. The molecule has 6 rings (SSSR count). The minimum absolute atomic E-state index is 0.0764. The number of piperidine rings is 1. The highest BCUT2D eigenvalue weighted by atomic mass is 16.5. The number of hydrogen-bond donors (Lipinski definition) is 1. The van der Waals surface area contributed by atoms with E-state index in [1.807, 2.05) is 0 Å². The van der Waals surface area contributed by atoms with Crippen molar-refractivity contribution in [2.75, 3.05) is 6.54 Å². The highest BCUT2D eigenvalue weighted by Gasteiger charge is 2.63. The second-order valence-electron chi connectivity index (χ2n) is 13.4. The van der Waals surface area contributed by atoms with E-state index in [-0.39, 0.29) is 11.2 Å². The maximum atomic E-state index is 7.19. The lowest BCUT2D eigenvalue weighted by Gasteiger charge is -2.53. The first kappa shape index (κ1) is 20.5. The molecule has 0 amide bonds. The standard InChI is InChI=1S/C28H47NO/c1-18-17-28(19(2)25-27(4,30-28)13-7-15-29-25)14-11-21-22-10-9-20-8-5-6-12-26(20,3)24(22)16-23(18)21/h18-25,29H,5-17H2,1-4H3/t18?,19-,20+,21+,22?,23?,24+,25+,26+,27?,28+/m1/s1. The van der Waals surface area contributed by atoms with E-state index in [0.29, 0.717) is 17.4 Å². The second-order valence-corrected chi connectivity index (χ2v) is 13.4. The third-order valence-electron chi connectivity index (χ3n) is 12.2. The van der Waals surface area contributed by atoms with Crippen LogP contribution in [0.4, 0.5) is 0 Å². The molecule has 4 saturated carbocycles. The molecule has 1 N–H and O–H groups in total. The summed E-state index contributed by atoms with van der Waals surface area (Å²) in [6, 6.07) is 0.570. The third kappa shape index (κ3) is 2.74. The molecule has 0 aromatic heterocycles. The lowest BCUT2D eigenvalue weighted by Crippen LogP contribution is -2.52. The Morgan fingerprint density at radius 1 is 0.833 bits per heavy atom. The molecule has 6 aliphatic rings. The van der Waals surface area contributed by atoms with Gasteiger partial charge in [-0.1, -0.05) is 33.6 Å². The molecule has 4 unspecified atom stereocenters. The van der Waals surface area contributed by atoms with Crippen LogP contribution in [0, 0.1) is 46.8 Å². The Labute approximate surface area is 185 Å². The van der Waals surface area contributed by atoms with Gasteiger partial charge in [0, 0.05) is 12.0 Å². The third-order valence-corrected chi connectivity index (χ3v) is 12.2. The minimum Gasteiger partial charge on any atom is -0.367 e. The van der Waals surface area contributed by atoms with Gasteiger partial charge in [0.05, 0.1) is 11.2 Å². The summed E-state index contributed by atoms with van der Waals surface area (Å²) < 4.78 is 7.19. The van der Waals surface area contributed by atoms with Gasteiger partial charge in [0.2, 0.25) is 0 Å². The smallest absolute Gasteiger partial charge is 0.0818 e. The molecule has 2 heteroatoms. The fourth-order valence-corrected chi connectivity index (χ4v) is 10.8. The molecule has 2 heterocycles. The van der Waals surface area contributed by atoms with E-state index in [9.17, 15) is 0 Å². The van der Waals surface area contributed by atoms with Crippen LogP contribution in [0.5, 0.6) is 0 Å². The van der Waals surface area contributed by atoms with Gasteiger partial charge >= 0.3 is 0 Å². The molecule has 170 valence electrons. The summed E-state index contributed by atoms with van der Waals surface area (Å²) in [5, 5.41) is 3.88. The van der Waals surface area contributed by atoms with E-state index in [2.05, 4.69) is 33.0 Å². The Balaban J connectivity index is 1.26. The summed E-state index contributed by atoms with van der Waals surface area (Å²) in [5.41, 5.74) is 0.892. The number of hydrogen-bond acceptors (Lipinski definition) is 2. The van der Waals surface area contributed by atoms with Crippen molar-refractivity contribution < 1.29 is 4.74 Å². The lowest BCUT2D eigenvalue weighted by atomic mass is 9.52. The zero-order chi connectivity index (χ0) is 20.7. The predicted octanol–water partition coefficient (Wildman–Crippen LogP) is 6.58. The van der Waals surface area contributed by atoms with Crippen LogP contribution < -0.4 is 5.32 Å². The van der Waals surface area contributed by atoms with Crippen molar-refractivity contribution in [2.45, 2.75) is 122 Å². The van der Waals surface area contributed by atoms with Gasteiger partial charge in [-0.3, -0.25) is 0 Å². The van der Waals surface area contributed by atoms with Crippen LogP contribution in [0.1, 0.15) is 105 Å². The minimum atomic E-state index is 0.0764. The number of fused-ring (bicyclic) bond motifs is 6. The average molecular weight is 414 g/mol. The van der Waals surface area contributed by atoms with Gasteiger partial charge < -0.3 is 10.1 Å². The lowest BCUT2D eigenvalue weighted by molar-refractivity contribution is -0.127. The molecule has 2 aliphatic heterocycles. The van der Waals surface area contributed by atoms with Crippen molar-refractivity contribution in [3.63, 3.8) is 0 Å². The van der Waals surface area contributed by atoms with Gasteiger partial charge in [-0.2, -0.15) is 0 Å². The van der Waals surface area contributed by atoms with Crippen molar-refractivity contribution in [3.05, 3.63) is 0 Å². The molecule has 0 aromatic carbocycles. The second kappa shape index (κ2) is 6.96. The van der Waals surface area contributed by atoms with Crippen molar-refractivity contribution in [3.8, 4) is 0 Å². The van der Waals surface area contributed by atoms with Crippen LogP contribution in [0.15, 0.2) is 0 Å². The zero-order valence-electron chi connectivity index (χ0n) is 20.2. The van der Waals surface area contributed by atoms with Crippen LogP contribution >= 0.6 is 0 Å². The fourth-order valence-electron chi connectivity index (χ4n) is 10.8. The molecule has 0 aromatic rings. The van der Waals surface area contributed by atoms with E-state index >= 15 is 0 Å². The van der Waals surface area contributed by atoms with E-state index in [1.54, 1.807) is 12.8 Å². The van der Waals surface area contributed by atoms with Gasteiger partial charge in [-0.15, -0.1) is 0 Å². The Hall–Kier alpha value is -0.0800. The first-order valence-electron chi connectivity index (χ1n) is 13.8. The molecule has 30 heavy (non-hydrogen) atoms. The van der Waals surface area contributed by atoms with Crippen molar-refractivity contribution >= 4 is 0 Å². The topological polar surface area (TPSA) is 21.3 Å². The van der Waals surface area contributed by atoms with Crippen LogP contribution in [0.2, 0.25) is 0 Å². The Kier molecular flexibility index (Phi) is 4.76. The molecule has 11 atom stereocenters. The van der Waals surface area contributed by atoms with Crippen molar-refractivity contribution in [1.82, 2.24) is 5.32 Å². The van der Waals surface area contributed by atoms with E-state index in [0.717, 1.165) is 35.5 Å². The quantitative estimate of drug-likeness (QED) is 0.484. The van der Waals surface area contributed by atoms with Crippen molar-refractivity contribution in [1.29, 1.82) is 0 Å². The summed E-state index contributed by atoms with van der Waals surface area (Å²) in [6.07, 6.45) is 17.3. The van der Waals surface area contributed by atoms with E-state index in [1.165, 1.54) is 70.8 Å². The summed E-state index contributed by atoms with van der Waals surface area (Å²) in [6.45, 7) is 11.5. The summed E-state index contributed by atoms with van der Waals surface area (Å²) in [5.74, 6) is 6.56. The summed E-state index contributed by atoms with van der Waals surface area (Å²) in [4.78, 5) is 0. The molecule has 4 aliphatic carbocycles. The van der Waals surface area contributed by atoms with E-state index < -0.39 is 0 Å². The van der Waals surface area contributed by atoms with Gasteiger partial charge in [-0.25, -0.2) is 0 Å². The van der Waals surface area contributed by atoms with Crippen LogP contribution in [-0.4, -0.2) is 23.8 Å². The zero-order valence-corrected chi connectivity index (χ0v) is 20.2. The Bertz CT molecular complexity index is 678. The normalized spacial score (nSPS) is 60.4. The molecule has 2 saturated heterocycles. The summed E-state index contributed by atoms with van der Waals surface area (Å²) in [7, 11) is 0. The summed E-state index contributed by atoms with van der Waals surface area (Å²) >= 11 is 0. The van der Waals surface area contributed by atoms with Crippen LogP contribution in [0.3, 0.4) is 0 Å². The van der Waals surface area contributed by atoms with Gasteiger partial charge in [-0.05, 0) is 119 Å². The maximum absolute atomic E-state index is 7.19. The van der Waals surface area contributed by atoms with Crippen LogP contribution in [-0.2, 0) is 4.74 Å². The van der Waals surface area contributed by atoms with E-state index in [4.69, 9.17) is 4.74 Å². The number of rotatable bonds is 0. The monoisotopic (exact) mass is 413 g/mol. The maximum Gasteiger partial charge on any atom is 0.0818 e. The Morgan fingerprint density at radius 2 is 1.70 bits per heavy atom. The molecule has 6 fully saturated rings. The molecular formula is C28H47NO. The first-order valence-corrected chi connectivity index (χ1v) is 13.8. The highest BCUT2D eigenvalue weighted by molar-refractivity contribution is 5.14. The fraction of sp³-hybridized carbons (Fsp3) is 1.00.